The molecule has 0 spiro atoms. The molecule has 1 unspecified atom stereocenters. The summed E-state index contributed by atoms with van der Waals surface area (Å²) in [6, 6.07) is 60.8. The van der Waals surface area contributed by atoms with Gasteiger partial charge in [0.1, 0.15) is 0 Å². The Hall–Kier alpha value is -4.54. The average molecular weight is 706 g/mol. The molecule has 9 aromatic rings. The Bertz CT molecular complexity index is 2580. The van der Waals surface area contributed by atoms with Gasteiger partial charge in [0.05, 0.1) is 11.0 Å². The van der Waals surface area contributed by atoms with Gasteiger partial charge in [-0.1, -0.05) is 138 Å². The van der Waals surface area contributed by atoms with Crippen molar-refractivity contribution in [1.29, 1.82) is 0 Å². The topological polar surface area (TPSA) is 8.17 Å². The van der Waals surface area contributed by atoms with Gasteiger partial charge in [-0.25, -0.2) is 6.54 Å². The van der Waals surface area contributed by atoms with Crippen molar-refractivity contribution in [3.63, 3.8) is 0 Å². The average Bonchev–Trinajstić information content (AvgIpc) is 3.82. The molecule has 1 atom stereocenters. The third-order valence-electron chi connectivity index (χ3n) is 9.65. The van der Waals surface area contributed by atoms with Crippen LogP contribution in [-0.4, -0.2) is 4.57 Å². The van der Waals surface area contributed by atoms with Gasteiger partial charge in [0.25, 0.3) is 0 Å². The van der Waals surface area contributed by atoms with E-state index in [-0.39, 0.29) is 38.6 Å². The number of benzene rings is 7. The van der Waals surface area contributed by atoms with Crippen LogP contribution in [0.4, 0.5) is 11.4 Å². The number of rotatable bonds is 4. The Kier molecular flexibility index (Phi) is 7.31. The molecular weight excluding hydrogens is 677 g/mol. The molecule has 3 heterocycles. The number of hydrogen-bond donors (Lipinski definition) is 0. The summed E-state index contributed by atoms with van der Waals surface area (Å²) < 4.78 is 5.04. The molecule has 0 bridgehead atoms. The number of fused-ring (bicyclic) bond motifs is 7. The zero-order valence-corrected chi connectivity index (χ0v) is 29.7. The molecule has 1 radical (unpaired) electrons. The Balaban J connectivity index is 0.00000314. The third kappa shape index (κ3) is 4.53. The first-order chi connectivity index (χ1) is 23.3. The van der Waals surface area contributed by atoms with Gasteiger partial charge in [0.2, 0.25) is 0 Å². The second kappa shape index (κ2) is 11.9. The molecule has 1 aliphatic rings. The second-order valence-corrected chi connectivity index (χ2v) is 13.2. The van der Waals surface area contributed by atoms with Crippen LogP contribution in [0.25, 0.3) is 58.8 Å². The van der Waals surface area contributed by atoms with Gasteiger partial charge >= 0.3 is 0 Å². The van der Waals surface area contributed by atoms with Crippen LogP contribution in [0, 0.1) is 12.6 Å². The Labute approximate surface area is 308 Å². The van der Waals surface area contributed by atoms with Crippen LogP contribution in [0.2, 0.25) is 0 Å². The van der Waals surface area contributed by atoms with Crippen molar-refractivity contribution in [3.05, 3.63) is 181 Å². The van der Waals surface area contributed by atoms with Crippen molar-refractivity contribution < 1.29 is 32.7 Å². The minimum absolute atomic E-state index is 0. The molecule has 0 saturated heterocycles. The number of anilines is 2. The maximum absolute atomic E-state index is 3.83. The molecule has 10 rings (SSSR count). The third-order valence-corrected chi connectivity index (χ3v) is 11.0. The van der Waals surface area contributed by atoms with Crippen LogP contribution in [0.1, 0.15) is 17.0 Å². The first-order valence-corrected chi connectivity index (χ1v) is 16.9. The maximum Gasteiger partial charge on any atom is 0.0518 e. The molecule has 1 aliphatic heterocycles. The van der Waals surface area contributed by atoms with Crippen LogP contribution < -0.4 is 4.90 Å². The molecule has 0 saturated carbocycles. The minimum atomic E-state index is 0. The number of thiophene rings is 1. The molecule has 0 N–H and O–H groups in total. The molecule has 2 aromatic heterocycles. The van der Waals surface area contributed by atoms with Crippen LogP contribution in [0.5, 0.6) is 0 Å². The summed E-state index contributed by atoms with van der Waals surface area (Å²) in [4.78, 5) is 2.35. The van der Waals surface area contributed by atoms with Gasteiger partial charge in [-0.05, 0) is 34.9 Å². The van der Waals surface area contributed by atoms with Crippen LogP contribution in [-0.2, 0) is 32.7 Å². The molecular formula is C44H28N2SY-2. The molecule has 0 amide bonds. The summed E-state index contributed by atoms with van der Waals surface area (Å²) in [5, 5.41) is 5.16. The summed E-state index contributed by atoms with van der Waals surface area (Å²) in [6.45, 7) is 2.39. The minimum Gasteiger partial charge on any atom is -0.513 e. The molecule has 0 fully saturated rings. The van der Waals surface area contributed by atoms with Crippen molar-refractivity contribution >= 4 is 64.7 Å². The second-order valence-electron chi connectivity index (χ2n) is 12.2. The van der Waals surface area contributed by atoms with E-state index >= 15 is 0 Å². The molecule has 0 aliphatic carbocycles. The van der Waals surface area contributed by atoms with Crippen molar-refractivity contribution in [2.45, 2.75) is 5.92 Å². The number of nitrogens with zero attached hydrogens (tertiary/aromatic N) is 2. The van der Waals surface area contributed by atoms with Gasteiger partial charge < -0.3 is 9.47 Å². The van der Waals surface area contributed by atoms with E-state index in [1.807, 2.05) is 11.3 Å². The first-order valence-electron chi connectivity index (χ1n) is 16.1. The summed E-state index contributed by atoms with van der Waals surface area (Å²) in [6.07, 6.45) is 0. The zero-order valence-electron chi connectivity index (χ0n) is 26.0. The smallest absolute Gasteiger partial charge is 0.0518 e. The van der Waals surface area contributed by atoms with Crippen LogP contribution >= 0.6 is 11.3 Å². The van der Waals surface area contributed by atoms with E-state index in [9.17, 15) is 0 Å². The maximum atomic E-state index is 3.83. The van der Waals surface area contributed by atoms with Crippen molar-refractivity contribution in [2.75, 3.05) is 4.90 Å². The fourth-order valence-corrected chi connectivity index (χ4v) is 8.96. The summed E-state index contributed by atoms with van der Waals surface area (Å²) >= 11 is 1.92. The van der Waals surface area contributed by atoms with Crippen LogP contribution in [0.3, 0.4) is 0 Å². The van der Waals surface area contributed by atoms with E-state index in [0.717, 1.165) is 11.4 Å². The van der Waals surface area contributed by atoms with Gasteiger partial charge in [0, 0.05) is 69.3 Å². The van der Waals surface area contributed by atoms with E-state index in [1.54, 1.807) is 0 Å². The van der Waals surface area contributed by atoms with Crippen molar-refractivity contribution in [1.82, 2.24) is 4.57 Å². The monoisotopic (exact) mass is 705 g/mol. The molecule has 7 aromatic carbocycles. The number of hydrogen-bond acceptors (Lipinski definition) is 2. The first kappa shape index (κ1) is 29.6. The summed E-state index contributed by atoms with van der Waals surface area (Å²) in [5.41, 5.74) is 10.9. The molecule has 2 nitrogen and oxygen atoms in total. The fraction of sp³-hybridized carbons (Fsp3) is 0.0227. The Morgan fingerprint density at radius 3 is 1.88 bits per heavy atom. The van der Waals surface area contributed by atoms with Gasteiger partial charge in [0.15, 0.2) is 0 Å². The van der Waals surface area contributed by atoms with E-state index in [2.05, 4.69) is 180 Å². The quantitative estimate of drug-likeness (QED) is 0.166. The molecule has 225 valence electrons. The molecule has 4 heteroatoms. The van der Waals surface area contributed by atoms with Crippen molar-refractivity contribution in [3.8, 4) is 16.8 Å². The largest absolute Gasteiger partial charge is 0.513 e. The summed E-state index contributed by atoms with van der Waals surface area (Å²) in [5.74, 6) is 0.119. The van der Waals surface area contributed by atoms with E-state index in [0.29, 0.717) is 0 Å². The van der Waals surface area contributed by atoms with Gasteiger partial charge in [-0.3, -0.25) is 0 Å². The normalized spacial score (nSPS) is 14.2. The van der Waals surface area contributed by atoms with Crippen LogP contribution in [0.15, 0.2) is 158 Å². The zero-order chi connectivity index (χ0) is 30.9. The number of para-hydroxylation sites is 3. The predicted octanol–water partition coefficient (Wildman–Crippen LogP) is 12.1. The van der Waals surface area contributed by atoms with Gasteiger partial charge in [-0.15, -0.1) is 35.2 Å². The predicted molar refractivity (Wildman–Crippen MR) is 199 cm³/mol. The van der Waals surface area contributed by atoms with E-state index < -0.39 is 0 Å². The SMILES string of the molecule is [Y].[c-]1c(N2[CH-]C(c3cccc4c3sc3c(-c5ccccc5)cccc34)c3ccccc32)cccc1-n1c2ccccc2c2ccccc21. The van der Waals surface area contributed by atoms with E-state index in [4.69, 9.17) is 0 Å². The summed E-state index contributed by atoms with van der Waals surface area (Å²) in [7, 11) is 0. The molecule has 48 heavy (non-hydrogen) atoms. The Morgan fingerprint density at radius 2 is 1.08 bits per heavy atom. The number of aromatic nitrogens is 1. The fourth-order valence-electron chi connectivity index (χ4n) is 7.57. The Morgan fingerprint density at radius 1 is 0.500 bits per heavy atom. The van der Waals surface area contributed by atoms with E-state index in [1.165, 1.54) is 69.9 Å². The van der Waals surface area contributed by atoms with Crippen molar-refractivity contribution in [2.24, 2.45) is 0 Å². The standard InChI is InChI=1S/C44H28N2S.Y/c1-2-13-29(14-3-1)32-20-11-21-36-37-22-12-23-38(44(37)47-43(32)36)39-28-45(40-24-7-4-19-35(39)40)30-15-10-16-31(27-30)46-41-25-8-5-17-33(41)34-18-6-9-26-42(34)46;/h1-26,28,39H;/q-2;. The van der Waals surface area contributed by atoms with Gasteiger partial charge in [-0.2, -0.15) is 6.07 Å².